The van der Waals surface area contributed by atoms with Gasteiger partial charge in [0.25, 0.3) is 0 Å². The maximum absolute atomic E-state index is 5.91. The molecule has 2 rings (SSSR count). The molecule has 0 aliphatic rings. The van der Waals surface area contributed by atoms with Crippen molar-refractivity contribution in [2.75, 3.05) is 24.3 Å². The third-order valence-electron chi connectivity index (χ3n) is 3.11. The Balaban J connectivity index is 2.24. The second kappa shape index (κ2) is 6.14. The largest absolute Gasteiger partial charge is 0.497 e. The van der Waals surface area contributed by atoms with Gasteiger partial charge in [0.15, 0.2) is 0 Å². The minimum absolute atomic E-state index is 0.723. The Morgan fingerprint density at radius 2 is 1.84 bits per heavy atom. The molecule has 0 radical (unpaired) electrons. The van der Waals surface area contributed by atoms with Crippen molar-refractivity contribution < 1.29 is 4.74 Å². The van der Waals surface area contributed by atoms with Gasteiger partial charge in [0, 0.05) is 36.6 Å². The molecule has 0 amide bonds. The number of rotatable bonds is 5. The molecule has 3 nitrogen and oxygen atoms in total. The molecule has 3 heteroatoms. The van der Waals surface area contributed by atoms with Crippen LogP contribution < -0.4 is 15.4 Å². The normalized spacial score (nSPS) is 10.2. The highest BCUT2D eigenvalue weighted by atomic mass is 16.5. The van der Waals surface area contributed by atoms with E-state index in [0.717, 1.165) is 30.2 Å². The predicted octanol–water partition coefficient (Wildman–Crippen LogP) is 3.30. The Morgan fingerprint density at radius 1 is 1.11 bits per heavy atom. The summed E-state index contributed by atoms with van der Waals surface area (Å²) in [6.45, 7) is 3.92. The van der Waals surface area contributed by atoms with Gasteiger partial charge < -0.3 is 15.4 Å². The molecular formula is C16H20N2O. The van der Waals surface area contributed by atoms with Crippen molar-refractivity contribution in [1.29, 1.82) is 0 Å². The van der Waals surface area contributed by atoms with Crippen molar-refractivity contribution in [1.82, 2.24) is 0 Å². The van der Waals surface area contributed by atoms with E-state index >= 15 is 0 Å². The molecular weight excluding hydrogens is 236 g/mol. The Labute approximate surface area is 114 Å². The average Bonchev–Trinajstić information content (AvgIpc) is 2.45. The van der Waals surface area contributed by atoms with E-state index < -0.39 is 0 Å². The summed E-state index contributed by atoms with van der Waals surface area (Å²) in [4.78, 5) is 2.27. The lowest BCUT2D eigenvalue weighted by Gasteiger charge is -2.24. The second-order valence-corrected chi connectivity index (χ2v) is 4.46. The second-order valence-electron chi connectivity index (χ2n) is 4.46. The van der Waals surface area contributed by atoms with Gasteiger partial charge in [0.1, 0.15) is 5.75 Å². The van der Waals surface area contributed by atoms with Crippen LogP contribution in [0.15, 0.2) is 48.5 Å². The van der Waals surface area contributed by atoms with Gasteiger partial charge in [0.2, 0.25) is 0 Å². The van der Waals surface area contributed by atoms with E-state index in [4.69, 9.17) is 10.5 Å². The summed E-state index contributed by atoms with van der Waals surface area (Å²) in [5.74, 6) is 0.793. The maximum Gasteiger partial charge on any atom is 0.122 e. The molecule has 0 bridgehead atoms. The average molecular weight is 256 g/mol. The smallest absolute Gasteiger partial charge is 0.122 e. The van der Waals surface area contributed by atoms with Crippen LogP contribution in [0.5, 0.6) is 5.75 Å². The van der Waals surface area contributed by atoms with Gasteiger partial charge >= 0.3 is 0 Å². The molecule has 0 unspecified atom stereocenters. The SMILES string of the molecule is CCN(Cc1ccccc1)c1cc(N)cc(OC)c1. The zero-order valence-electron chi connectivity index (χ0n) is 11.5. The van der Waals surface area contributed by atoms with E-state index in [1.807, 2.05) is 24.3 Å². The first-order valence-corrected chi connectivity index (χ1v) is 6.46. The highest BCUT2D eigenvalue weighted by Gasteiger charge is 2.07. The number of nitrogen functional groups attached to an aromatic ring is 1. The monoisotopic (exact) mass is 256 g/mol. The zero-order chi connectivity index (χ0) is 13.7. The van der Waals surface area contributed by atoms with Crippen molar-refractivity contribution in [3.05, 3.63) is 54.1 Å². The minimum atomic E-state index is 0.723. The van der Waals surface area contributed by atoms with Crippen LogP contribution in [-0.2, 0) is 6.54 Å². The lowest BCUT2D eigenvalue weighted by Crippen LogP contribution is -2.22. The van der Waals surface area contributed by atoms with E-state index in [-0.39, 0.29) is 0 Å². The molecule has 2 aromatic carbocycles. The highest BCUT2D eigenvalue weighted by Crippen LogP contribution is 2.26. The van der Waals surface area contributed by atoms with Gasteiger partial charge in [-0.1, -0.05) is 30.3 Å². The fraction of sp³-hybridized carbons (Fsp3) is 0.250. The van der Waals surface area contributed by atoms with Crippen LogP contribution in [0.3, 0.4) is 0 Å². The molecule has 19 heavy (non-hydrogen) atoms. The highest BCUT2D eigenvalue weighted by molar-refractivity contribution is 5.60. The molecule has 0 atom stereocenters. The van der Waals surface area contributed by atoms with Gasteiger partial charge in [-0.2, -0.15) is 0 Å². The number of nitrogens with two attached hydrogens (primary N) is 1. The van der Waals surface area contributed by atoms with Crippen LogP contribution in [0, 0.1) is 0 Å². The zero-order valence-corrected chi connectivity index (χ0v) is 11.5. The van der Waals surface area contributed by atoms with Gasteiger partial charge in [0.05, 0.1) is 7.11 Å². The minimum Gasteiger partial charge on any atom is -0.497 e. The Kier molecular flexibility index (Phi) is 4.29. The van der Waals surface area contributed by atoms with Crippen LogP contribution in [-0.4, -0.2) is 13.7 Å². The van der Waals surface area contributed by atoms with Crippen LogP contribution in [0.25, 0.3) is 0 Å². The van der Waals surface area contributed by atoms with E-state index in [0.29, 0.717) is 0 Å². The summed E-state index contributed by atoms with van der Waals surface area (Å²) in [7, 11) is 1.66. The van der Waals surface area contributed by atoms with E-state index in [1.165, 1.54) is 5.56 Å². The first kappa shape index (κ1) is 13.3. The summed E-state index contributed by atoms with van der Waals surface area (Å²) in [5, 5.41) is 0. The van der Waals surface area contributed by atoms with Gasteiger partial charge in [-0.05, 0) is 18.6 Å². The number of anilines is 2. The van der Waals surface area contributed by atoms with Crippen LogP contribution >= 0.6 is 0 Å². The molecule has 0 aliphatic carbocycles. The molecule has 2 N–H and O–H groups in total. The van der Waals surface area contributed by atoms with Crippen molar-refractivity contribution >= 4 is 11.4 Å². The summed E-state index contributed by atoms with van der Waals surface area (Å²) < 4.78 is 5.27. The Morgan fingerprint density at radius 3 is 2.47 bits per heavy atom. The number of methoxy groups -OCH3 is 1. The number of hydrogen-bond donors (Lipinski definition) is 1. The molecule has 0 fully saturated rings. The third-order valence-corrected chi connectivity index (χ3v) is 3.11. The van der Waals surface area contributed by atoms with Crippen molar-refractivity contribution in [2.24, 2.45) is 0 Å². The van der Waals surface area contributed by atoms with Crippen molar-refractivity contribution in [2.45, 2.75) is 13.5 Å². The fourth-order valence-electron chi connectivity index (χ4n) is 2.10. The summed E-state index contributed by atoms with van der Waals surface area (Å²) in [6.07, 6.45) is 0. The van der Waals surface area contributed by atoms with Gasteiger partial charge in [-0.25, -0.2) is 0 Å². The molecule has 0 aromatic heterocycles. The molecule has 0 aliphatic heterocycles. The third kappa shape index (κ3) is 3.41. The van der Waals surface area contributed by atoms with Crippen molar-refractivity contribution in [3.63, 3.8) is 0 Å². The van der Waals surface area contributed by atoms with Gasteiger partial charge in [-0.15, -0.1) is 0 Å². The first-order chi connectivity index (χ1) is 9.22. The number of nitrogens with zero attached hydrogens (tertiary/aromatic N) is 1. The topological polar surface area (TPSA) is 38.5 Å². The van der Waals surface area contributed by atoms with Crippen molar-refractivity contribution in [3.8, 4) is 5.75 Å². The standard InChI is InChI=1S/C16H20N2O/c1-3-18(12-13-7-5-4-6-8-13)15-9-14(17)10-16(11-15)19-2/h4-11H,3,12,17H2,1-2H3. The van der Waals surface area contributed by atoms with Gasteiger partial charge in [-0.3, -0.25) is 0 Å². The molecule has 0 spiro atoms. The summed E-state index contributed by atoms with van der Waals surface area (Å²) in [5.41, 5.74) is 9.01. The van der Waals surface area contributed by atoms with Crippen LogP contribution in [0.1, 0.15) is 12.5 Å². The molecule has 100 valence electrons. The lowest BCUT2D eigenvalue weighted by molar-refractivity contribution is 0.415. The summed E-state index contributed by atoms with van der Waals surface area (Å²) >= 11 is 0. The quantitative estimate of drug-likeness (QED) is 0.834. The molecule has 0 saturated heterocycles. The Hall–Kier alpha value is -2.16. The maximum atomic E-state index is 5.91. The fourth-order valence-corrected chi connectivity index (χ4v) is 2.10. The molecule has 2 aromatic rings. The number of hydrogen-bond acceptors (Lipinski definition) is 3. The number of ether oxygens (including phenoxy) is 1. The van der Waals surface area contributed by atoms with E-state index in [1.54, 1.807) is 7.11 Å². The summed E-state index contributed by atoms with van der Waals surface area (Å²) in [6, 6.07) is 16.2. The van der Waals surface area contributed by atoms with E-state index in [9.17, 15) is 0 Å². The van der Waals surface area contributed by atoms with Crippen LogP contribution in [0.4, 0.5) is 11.4 Å². The number of benzene rings is 2. The lowest BCUT2D eigenvalue weighted by atomic mass is 10.2. The van der Waals surface area contributed by atoms with Crippen LogP contribution in [0.2, 0.25) is 0 Å². The van der Waals surface area contributed by atoms with E-state index in [2.05, 4.69) is 36.1 Å². The molecule has 0 saturated carbocycles. The molecule has 0 heterocycles. The Bertz CT molecular complexity index is 526. The first-order valence-electron chi connectivity index (χ1n) is 6.46. The predicted molar refractivity (Wildman–Crippen MR) is 80.6 cm³/mol.